The van der Waals surface area contributed by atoms with Crippen LogP contribution >= 0.6 is 0 Å². The van der Waals surface area contributed by atoms with Gasteiger partial charge in [0.2, 0.25) is 5.91 Å². The fourth-order valence-electron chi connectivity index (χ4n) is 2.82. The number of aromatic nitrogens is 1. The Labute approximate surface area is 114 Å². The molecule has 1 saturated heterocycles. The summed E-state index contributed by atoms with van der Waals surface area (Å²) in [5.41, 5.74) is 1.32. The summed E-state index contributed by atoms with van der Waals surface area (Å²) >= 11 is 0. The molecule has 4 nitrogen and oxygen atoms in total. The molecule has 1 aromatic rings. The molecule has 0 unspecified atom stereocenters. The molecule has 1 N–H and O–H groups in total. The lowest BCUT2D eigenvalue weighted by Gasteiger charge is -2.32. The van der Waals surface area contributed by atoms with Gasteiger partial charge in [0, 0.05) is 50.5 Å². The zero-order valence-corrected chi connectivity index (χ0v) is 11.6. The number of amides is 1. The van der Waals surface area contributed by atoms with Crippen molar-refractivity contribution in [2.45, 2.75) is 38.3 Å². The molecule has 4 heteroatoms. The lowest BCUT2D eigenvalue weighted by Crippen LogP contribution is -2.45. The third-order valence-corrected chi connectivity index (χ3v) is 4.36. The Hall–Kier alpha value is -1.29. The lowest BCUT2D eigenvalue weighted by molar-refractivity contribution is -0.133. The van der Waals surface area contributed by atoms with Gasteiger partial charge in [-0.1, -0.05) is 0 Å². The van der Waals surface area contributed by atoms with Crippen LogP contribution in [0.25, 0.3) is 0 Å². The van der Waals surface area contributed by atoms with Gasteiger partial charge >= 0.3 is 0 Å². The SMILES string of the molecule is Cn1cccc1CNC1CCN(C(=O)C2CC2)CC1. The second kappa shape index (κ2) is 5.37. The molecule has 2 fully saturated rings. The second-order valence-corrected chi connectivity index (χ2v) is 5.87. The number of aryl methyl sites for hydroxylation is 1. The molecule has 0 bridgehead atoms. The van der Waals surface area contributed by atoms with E-state index >= 15 is 0 Å². The van der Waals surface area contributed by atoms with Crippen LogP contribution < -0.4 is 5.32 Å². The lowest BCUT2D eigenvalue weighted by atomic mass is 10.0. The number of likely N-dealkylation sites (tertiary alicyclic amines) is 1. The number of nitrogens with one attached hydrogen (secondary N) is 1. The highest BCUT2D eigenvalue weighted by atomic mass is 16.2. The number of rotatable bonds is 4. The van der Waals surface area contributed by atoms with E-state index in [4.69, 9.17) is 0 Å². The van der Waals surface area contributed by atoms with Gasteiger partial charge in [-0.3, -0.25) is 4.79 Å². The maximum absolute atomic E-state index is 12.0. The Balaban J connectivity index is 1.43. The first-order valence-corrected chi connectivity index (χ1v) is 7.36. The van der Waals surface area contributed by atoms with Gasteiger partial charge in [0.1, 0.15) is 0 Å². The zero-order chi connectivity index (χ0) is 13.2. The molecule has 1 saturated carbocycles. The highest BCUT2D eigenvalue weighted by Crippen LogP contribution is 2.31. The summed E-state index contributed by atoms with van der Waals surface area (Å²) in [4.78, 5) is 14.0. The first kappa shape index (κ1) is 12.7. The molecule has 0 spiro atoms. The highest BCUT2D eigenvalue weighted by Gasteiger charge is 2.34. The van der Waals surface area contributed by atoms with Crippen molar-refractivity contribution in [1.82, 2.24) is 14.8 Å². The van der Waals surface area contributed by atoms with Gasteiger partial charge in [0.25, 0.3) is 0 Å². The molecule has 3 rings (SSSR count). The van der Waals surface area contributed by atoms with E-state index in [1.54, 1.807) is 0 Å². The minimum Gasteiger partial charge on any atom is -0.353 e. The number of hydrogen-bond acceptors (Lipinski definition) is 2. The van der Waals surface area contributed by atoms with Gasteiger partial charge < -0.3 is 14.8 Å². The maximum atomic E-state index is 12.0. The van der Waals surface area contributed by atoms with Crippen LogP contribution in [0.15, 0.2) is 18.3 Å². The molecule has 104 valence electrons. The smallest absolute Gasteiger partial charge is 0.225 e. The van der Waals surface area contributed by atoms with Gasteiger partial charge in [0.05, 0.1) is 0 Å². The van der Waals surface area contributed by atoms with Crippen LogP contribution in [-0.2, 0) is 18.4 Å². The Bertz CT molecular complexity index is 442. The molecule has 0 radical (unpaired) electrons. The third kappa shape index (κ3) is 3.00. The summed E-state index contributed by atoms with van der Waals surface area (Å²) in [7, 11) is 2.08. The van der Waals surface area contributed by atoms with Gasteiger partial charge in [0.15, 0.2) is 0 Å². The van der Waals surface area contributed by atoms with Gasteiger partial charge in [-0.25, -0.2) is 0 Å². The first-order valence-electron chi connectivity index (χ1n) is 7.36. The molecule has 1 aliphatic carbocycles. The fourth-order valence-corrected chi connectivity index (χ4v) is 2.82. The van der Waals surface area contributed by atoms with Gasteiger partial charge in [-0.15, -0.1) is 0 Å². The van der Waals surface area contributed by atoms with Crippen LogP contribution in [0.1, 0.15) is 31.4 Å². The van der Waals surface area contributed by atoms with Crippen molar-refractivity contribution in [3.8, 4) is 0 Å². The monoisotopic (exact) mass is 261 g/mol. The summed E-state index contributed by atoms with van der Waals surface area (Å²) in [6.45, 7) is 2.78. The molecule has 2 heterocycles. The first-order chi connectivity index (χ1) is 9.24. The van der Waals surface area contributed by atoms with Crippen LogP contribution in [0.5, 0.6) is 0 Å². The maximum Gasteiger partial charge on any atom is 0.225 e. The van der Waals surface area contributed by atoms with Crippen LogP contribution in [-0.4, -0.2) is 34.5 Å². The minimum atomic E-state index is 0.368. The van der Waals surface area contributed by atoms with Crippen molar-refractivity contribution in [3.05, 3.63) is 24.0 Å². The Morgan fingerprint density at radius 3 is 2.63 bits per heavy atom. The summed E-state index contributed by atoms with van der Waals surface area (Å²) in [6.07, 6.45) is 6.48. The quantitative estimate of drug-likeness (QED) is 0.892. The van der Waals surface area contributed by atoms with Gasteiger partial charge in [-0.2, -0.15) is 0 Å². The topological polar surface area (TPSA) is 37.3 Å². The molecule has 0 atom stereocenters. The third-order valence-electron chi connectivity index (χ3n) is 4.36. The van der Waals surface area contributed by atoms with Crippen LogP contribution in [0.2, 0.25) is 0 Å². The molecular formula is C15H23N3O. The number of nitrogens with zero attached hydrogens (tertiary/aromatic N) is 2. The molecule has 1 aromatic heterocycles. The Morgan fingerprint density at radius 2 is 2.05 bits per heavy atom. The summed E-state index contributed by atoms with van der Waals surface area (Å²) < 4.78 is 2.15. The molecule has 1 amide bonds. The van der Waals surface area contributed by atoms with Crippen molar-refractivity contribution >= 4 is 5.91 Å². The molecule has 2 aliphatic rings. The average Bonchev–Trinajstić information content (AvgIpc) is 3.20. The summed E-state index contributed by atoms with van der Waals surface area (Å²) in [5.74, 6) is 0.772. The zero-order valence-electron chi connectivity index (χ0n) is 11.6. The van der Waals surface area contributed by atoms with E-state index in [0.717, 1.165) is 45.3 Å². The van der Waals surface area contributed by atoms with Crippen molar-refractivity contribution in [2.75, 3.05) is 13.1 Å². The minimum absolute atomic E-state index is 0.368. The fraction of sp³-hybridized carbons (Fsp3) is 0.667. The van der Waals surface area contributed by atoms with Crippen molar-refractivity contribution in [3.63, 3.8) is 0 Å². The normalized spacial score (nSPS) is 20.8. The Kier molecular flexibility index (Phi) is 3.60. The number of piperidine rings is 1. The van der Waals surface area contributed by atoms with Crippen LogP contribution in [0.4, 0.5) is 0 Å². The van der Waals surface area contributed by atoms with E-state index in [2.05, 4.69) is 40.2 Å². The van der Waals surface area contributed by atoms with E-state index in [0.29, 0.717) is 17.9 Å². The predicted octanol–water partition coefficient (Wildman–Crippen LogP) is 1.52. The molecular weight excluding hydrogens is 238 g/mol. The van der Waals surface area contributed by atoms with Gasteiger partial charge in [-0.05, 0) is 37.8 Å². The largest absolute Gasteiger partial charge is 0.353 e. The number of carbonyl (C=O) groups is 1. The second-order valence-electron chi connectivity index (χ2n) is 5.87. The van der Waals surface area contributed by atoms with Crippen LogP contribution in [0.3, 0.4) is 0 Å². The van der Waals surface area contributed by atoms with E-state index in [1.807, 2.05) is 0 Å². The number of hydrogen-bond donors (Lipinski definition) is 1. The van der Waals surface area contributed by atoms with E-state index in [-0.39, 0.29) is 0 Å². The Morgan fingerprint density at radius 1 is 1.32 bits per heavy atom. The summed E-state index contributed by atoms with van der Waals surface area (Å²) in [5, 5.41) is 3.61. The van der Waals surface area contributed by atoms with Crippen molar-refractivity contribution in [2.24, 2.45) is 13.0 Å². The average molecular weight is 261 g/mol. The van der Waals surface area contributed by atoms with E-state index < -0.39 is 0 Å². The summed E-state index contributed by atoms with van der Waals surface area (Å²) in [6, 6.07) is 4.78. The van der Waals surface area contributed by atoms with E-state index in [9.17, 15) is 4.79 Å². The molecule has 0 aromatic carbocycles. The molecule has 19 heavy (non-hydrogen) atoms. The van der Waals surface area contributed by atoms with Crippen LogP contribution in [0, 0.1) is 5.92 Å². The predicted molar refractivity (Wildman–Crippen MR) is 74.6 cm³/mol. The standard InChI is InChI=1S/C15H23N3O/c1-17-8-2-3-14(17)11-16-13-6-9-18(10-7-13)15(19)12-4-5-12/h2-3,8,12-13,16H,4-7,9-11H2,1H3. The molecule has 1 aliphatic heterocycles. The van der Waals surface area contributed by atoms with Crippen molar-refractivity contribution < 1.29 is 4.79 Å². The van der Waals surface area contributed by atoms with E-state index in [1.165, 1.54) is 5.69 Å². The number of carbonyl (C=O) groups excluding carboxylic acids is 1. The van der Waals surface area contributed by atoms with Crippen molar-refractivity contribution in [1.29, 1.82) is 0 Å². The highest BCUT2D eigenvalue weighted by molar-refractivity contribution is 5.81.